The molecule has 2 rings (SSSR count). The lowest BCUT2D eigenvalue weighted by Crippen LogP contribution is -2.52. The number of amides is 1. The summed E-state index contributed by atoms with van der Waals surface area (Å²) < 4.78 is 10.7. The Morgan fingerprint density at radius 3 is 2.52 bits per heavy atom. The molecule has 138 valence electrons. The van der Waals surface area contributed by atoms with Gasteiger partial charge in [-0.2, -0.15) is 0 Å². The second kappa shape index (κ2) is 8.34. The van der Waals surface area contributed by atoms with Gasteiger partial charge in [-0.15, -0.1) is 0 Å². The molecule has 0 spiro atoms. The maximum Gasteiger partial charge on any atom is 0.313 e. The van der Waals surface area contributed by atoms with Crippen LogP contribution in [0.3, 0.4) is 0 Å². The van der Waals surface area contributed by atoms with Gasteiger partial charge in [0, 0.05) is 25.8 Å². The minimum absolute atomic E-state index is 0.105. The van der Waals surface area contributed by atoms with Crippen LogP contribution >= 0.6 is 0 Å². The molecule has 6 heteroatoms. The predicted octanol–water partition coefficient (Wildman–Crippen LogP) is 2.67. The SMILES string of the molecule is COCC1(C(=O)O)CCCN(C(=O)c2ccc(OCC(C)C)cc2)C1. The number of hydrogen-bond donors (Lipinski definition) is 1. The number of aliphatic carboxylic acids is 1. The lowest BCUT2D eigenvalue weighted by Gasteiger charge is -2.39. The fraction of sp³-hybridized carbons (Fsp3) is 0.579. The van der Waals surface area contributed by atoms with E-state index in [-0.39, 0.29) is 19.1 Å². The summed E-state index contributed by atoms with van der Waals surface area (Å²) in [6.07, 6.45) is 1.17. The van der Waals surface area contributed by atoms with Crippen molar-refractivity contribution in [2.75, 3.05) is 33.4 Å². The molecule has 0 saturated carbocycles. The molecule has 0 radical (unpaired) electrons. The Kier molecular flexibility index (Phi) is 6.42. The first-order valence-corrected chi connectivity index (χ1v) is 8.62. The Labute approximate surface area is 148 Å². The van der Waals surface area contributed by atoms with Crippen molar-refractivity contribution in [3.8, 4) is 5.75 Å². The fourth-order valence-corrected chi connectivity index (χ4v) is 3.07. The third-order valence-corrected chi connectivity index (χ3v) is 4.42. The highest BCUT2D eigenvalue weighted by Crippen LogP contribution is 2.31. The Morgan fingerprint density at radius 2 is 1.96 bits per heavy atom. The predicted molar refractivity (Wildman–Crippen MR) is 93.9 cm³/mol. The number of benzene rings is 1. The second-order valence-corrected chi connectivity index (χ2v) is 7.08. The molecule has 0 aromatic heterocycles. The number of carbonyl (C=O) groups is 2. The molecule has 1 aliphatic heterocycles. The molecule has 1 saturated heterocycles. The highest BCUT2D eigenvalue weighted by atomic mass is 16.5. The zero-order chi connectivity index (χ0) is 18.4. The van der Waals surface area contributed by atoms with E-state index < -0.39 is 11.4 Å². The number of carboxylic acid groups (broad SMARTS) is 1. The van der Waals surface area contributed by atoms with Gasteiger partial charge in [0.05, 0.1) is 13.2 Å². The number of likely N-dealkylation sites (tertiary alicyclic amines) is 1. The maximum absolute atomic E-state index is 12.7. The van der Waals surface area contributed by atoms with Gasteiger partial charge in [0.25, 0.3) is 5.91 Å². The third kappa shape index (κ3) is 4.72. The van der Waals surface area contributed by atoms with E-state index >= 15 is 0 Å². The normalized spacial score (nSPS) is 20.6. The first-order chi connectivity index (χ1) is 11.9. The molecule has 1 N–H and O–H groups in total. The standard InChI is InChI=1S/C19H27NO5/c1-14(2)11-25-16-7-5-15(6-8-16)17(21)20-10-4-9-19(12-20,13-24-3)18(22)23/h5-8,14H,4,9-13H2,1-3H3,(H,22,23). The molecular weight excluding hydrogens is 322 g/mol. The molecule has 1 aromatic rings. The van der Waals surface area contributed by atoms with Crippen molar-refractivity contribution in [3.63, 3.8) is 0 Å². The van der Waals surface area contributed by atoms with Gasteiger partial charge in [0.1, 0.15) is 11.2 Å². The third-order valence-electron chi connectivity index (χ3n) is 4.42. The molecule has 0 aliphatic carbocycles. The van der Waals surface area contributed by atoms with E-state index in [0.29, 0.717) is 37.5 Å². The van der Waals surface area contributed by atoms with E-state index in [0.717, 1.165) is 5.75 Å². The van der Waals surface area contributed by atoms with Gasteiger partial charge in [0.15, 0.2) is 0 Å². The number of ether oxygens (including phenoxy) is 2. The van der Waals surface area contributed by atoms with Crippen molar-refractivity contribution in [2.24, 2.45) is 11.3 Å². The first kappa shape index (κ1) is 19.2. The topological polar surface area (TPSA) is 76.1 Å². The highest BCUT2D eigenvalue weighted by Gasteiger charge is 2.43. The van der Waals surface area contributed by atoms with Crippen LogP contribution in [0.15, 0.2) is 24.3 Å². The Hall–Kier alpha value is -2.08. The molecule has 1 fully saturated rings. The number of piperidine rings is 1. The quantitative estimate of drug-likeness (QED) is 0.819. The van der Waals surface area contributed by atoms with Crippen molar-refractivity contribution < 1.29 is 24.2 Å². The number of rotatable bonds is 7. The van der Waals surface area contributed by atoms with Crippen molar-refractivity contribution in [1.82, 2.24) is 4.90 Å². The van der Waals surface area contributed by atoms with Gasteiger partial charge in [-0.05, 0) is 43.0 Å². The fourth-order valence-electron chi connectivity index (χ4n) is 3.07. The summed E-state index contributed by atoms with van der Waals surface area (Å²) >= 11 is 0. The van der Waals surface area contributed by atoms with Crippen LogP contribution in [0.25, 0.3) is 0 Å². The van der Waals surface area contributed by atoms with Crippen LogP contribution in [0.5, 0.6) is 5.75 Å². The van der Waals surface area contributed by atoms with E-state index in [9.17, 15) is 14.7 Å². The second-order valence-electron chi connectivity index (χ2n) is 7.08. The van der Waals surface area contributed by atoms with Crippen LogP contribution in [-0.2, 0) is 9.53 Å². The average molecular weight is 349 g/mol. The Balaban J connectivity index is 2.07. The molecule has 0 bridgehead atoms. The van der Waals surface area contributed by atoms with E-state index in [1.165, 1.54) is 7.11 Å². The van der Waals surface area contributed by atoms with Crippen LogP contribution < -0.4 is 4.74 Å². The van der Waals surface area contributed by atoms with Gasteiger partial charge in [0.2, 0.25) is 0 Å². The highest BCUT2D eigenvalue weighted by molar-refractivity contribution is 5.95. The number of hydrogen-bond acceptors (Lipinski definition) is 4. The van der Waals surface area contributed by atoms with E-state index in [1.54, 1.807) is 29.2 Å². The monoisotopic (exact) mass is 349 g/mol. The number of methoxy groups -OCH3 is 1. The summed E-state index contributed by atoms with van der Waals surface area (Å²) in [4.78, 5) is 26.1. The summed E-state index contributed by atoms with van der Waals surface area (Å²) in [5.41, 5.74) is -0.487. The van der Waals surface area contributed by atoms with Crippen LogP contribution in [0.2, 0.25) is 0 Å². The Morgan fingerprint density at radius 1 is 1.28 bits per heavy atom. The molecule has 25 heavy (non-hydrogen) atoms. The summed E-state index contributed by atoms with van der Waals surface area (Å²) in [5.74, 6) is 0.0869. The summed E-state index contributed by atoms with van der Waals surface area (Å²) in [5, 5.41) is 9.60. The largest absolute Gasteiger partial charge is 0.493 e. The van der Waals surface area contributed by atoms with Gasteiger partial charge in [-0.25, -0.2) is 0 Å². The van der Waals surface area contributed by atoms with Gasteiger partial charge >= 0.3 is 5.97 Å². The molecule has 1 aromatic carbocycles. The van der Waals surface area contributed by atoms with E-state index in [2.05, 4.69) is 13.8 Å². The average Bonchev–Trinajstić information content (AvgIpc) is 2.60. The molecule has 6 nitrogen and oxygen atoms in total. The maximum atomic E-state index is 12.7. The van der Waals surface area contributed by atoms with Crippen LogP contribution in [-0.4, -0.2) is 55.3 Å². The van der Waals surface area contributed by atoms with Crippen LogP contribution in [0.4, 0.5) is 0 Å². The van der Waals surface area contributed by atoms with Gasteiger partial charge in [-0.1, -0.05) is 13.8 Å². The summed E-state index contributed by atoms with van der Waals surface area (Å²) in [6.45, 7) is 5.60. The first-order valence-electron chi connectivity index (χ1n) is 8.62. The molecule has 1 atom stereocenters. The van der Waals surface area contributed by atoms with Crippen LogP contribution in [0.1, 0.15) is 37.0 Å². The number of carbonyl (C=O) groups excluding carboxylic acids is 1. The minimum atomic E-state index is -1.02. The van der Waals surface area contributed by atoms with Crippen LogP contribution in [0, 0.1) is 11.3 Å². The molecular formula is C19H27NO5. The molecule has 1 unspecified atom stereocenters. The Bertz CT molecular complexity index is 594. The number of nitrogens with zero attached hydrogens (tertiary/aromatic N) is 1. The van der Waals surface area contributed by atoms with Crippen molar-refractivity contribution in [1.29, 1.82) is 0 Å². The van der Waals surface area contributed by atoms with E-state index in [4.69, 9.17) is 9.47 Å². The van der Waals surface area contributed by atoms with E-state index in [1.807, 2.05) is 0 Å². The lowest BCUT2D eigenvalue weighted by atomic mass is 9.80. The molecule has 1 amide bonds. The van der Waals surface area contributed by atoms with Crippen molar-refractivity contribution in [3.05, 3.63) is 29.8 Å². The minimum Gasteiger partial charge on any atom is -0.493 e. The smallest absolute Gasteiger partial charge is 0.313 e. The summed E-state index contributed by atoms with van der Waals surface area (Å²) in [7, 11) is 1.49. The lowest BCUT2D eigenvalue weighted by molar-refractivity contribution is -0.155. The molecule has 1 heterocycles. The zero-order valence-corrected chi connectivity index (χ0v) is 15.2. The summed E-state index contributed by atoms with van der Waals surface area (Å²) in [6, 6.07) is 7.01. The zero-order valence-electron chi connectivity index (χ0n) is 15.2. The van der Waals surface area contributed by atoms with Gasteiger partial charge < -0.3 is 19.5 Å². The number of carboxylic acids is 1. The van der Waals surface area contributed by atoms with Crippen molar-refractivity contribution >= 4 is 11.9 Å². The molecule has 1 aliphatic rings. The van der Waals surface area contributed by atoms with Crippen molar-refractivity contribution in [2.45, 2.75) is 26.7 Å². The van der Waals surface area contributed by atoms with Gasteiger partial charge in [-0.3, -0.25) is 9.59 Å².